The van der Waals surface area contributed by atoms with Crippen LogP contribution in [0.15, 0.2) is 46.1 Å². The van der Waals surface area contributed by atoms with E-state index in [4.69, 9.17) is 9.52 Å². The minimum atomic E-state index is -3.92. The Hall–Kier alpha value is -2.28. The molecule has 2 heterocycles. The van der Waals surface area contributed by atoms with Crippen LogP contribution in [-0.4, -0.2) is 25.5 Å². The number of aliphatic carboxylic acids is 1. The van der Waals surface area contributed by atoms with Gasteiger partial charge < -0.3 is 9.52 Å². The van der Waals surface area contributed by atoms with E-state index >= 15 is 0 Å². The van der Waals surface area contributed by atoms with E-state index in [1.165, 1.54) is 16.6 Å². The minimum Gasteiger partial charge on any atom is -0.481 e. The van der Waals surface area contributed by atoms with Crippen LogP contribution in [0.2, 0.25) is 0 Å². The molecule has 0 spiro atoms. The van der Waals surface area contributed by atoms with Crippen molar-refractivity contribution in [1.29, 1.82) is 0 Å². The van der Waals surface area contributed by atoms with Crippen LogP contribution in [0.1, 0.15) is 17.5 Å². The standard InChI is InChI=1S/C15H15NO5S/c1-10-6-15(21-9-10)22(19,20)16-12(8-14(17)18)7-11-4-2-3-5-13(11)16/h2-6,9,12H,7-8H2,1H3,(H,17,18)/t12-/m0/s1. The summed E-state index contributed by atoms with van der Waals surface area (Å²) in [6, 6.07) is 7.83. The number of hydrogen-bond donors (Lipinski definition) is 1. The van der Waals surface area contributed by atoms with Crippen LogP contribution in [0, 0.1) is 6.92 Å². The molecule has 0 radical (unpaired) electrons. The molecule has 1 atom stereocenters. The van der Waals surface area contributed by atoms with Crippen LogP contribution >= 0.6 is 0 Å². The maximum atomic E-state index is 12.8. The Bertz CT molecular complexity index is 824. The maximum absolute atomic E-state index is 12.8. The molecule has 7 heteroatoms. The van der Waals surface area contributed by atoms with Crippen LogP contribution in [0.5, 0.6) is 0 Å². The van der Waals surface area contributed by atoms with Gasteiger partial charge in [-0.1, -0.05) is 18.2 Å². The smallest absolute Gasteiger partial charge is 0.305 e. The molecule has 1 aliphatic rings. The largest absolute Gasteiger partial charge is 0.481 e. The summed E-state index contributed by atoms with van der Waals surface area (Å²) in [5.41, 5.74) is 2.03. The number of carbonyl (C=O) groups is 1. The summed E-state index contributed by atoms with van der Waals surface area (Å²) < 4.78 is 32.0. The third-order valence-corrected chi connectivity index (χ3v) is 5.38. The monoisotopic (exact) mass is 321 g/mol. The van der Waals surface area contributed by atoms with Gasteiger partial charge in [-0.3, -0.25) is 9.10 Å². The number of nitrogens with zero attached hydrogens (tertiary/aromatic N) is 1. The quantitative estimate of drug-likeness (QED) is 0.932. The van der Waals surface area contributed by atoms with Crippen molar-refractivity contribution in [3.05, 3.63) is 47.7 Å². The maximum Gasteiger partial charge on any atom is 0.305 e. The zero-order chi connectivity index (χ0) is 15.9. The first kappa shape index (κ1) is 14.6. The fourth-order valence-corrected chi connectivity index (χ4v) is 4.43. The molecule has 116 valence electrons. The highest BCUT2D eigenvalue weighted by atomic mass is 32.2. The number of furan rings is 1. The normalized spacial score (nSPS) is 17.5. The zero-order valence-corrected chi connectivity index (χ0v) is 12.7. The molecule has 3 rings (SSSR count). The topological polar surface area (TPSA) is 87.8 Å². The molecule has 6 nitrogen and oxygen atoms in total. The van der Waals surface area contributed by atoms with E-state index < -0.39 is 22.0 Å². The Labute approximate surface area is 128 Å². The number of aryl methyl sites for hydroxylation is 1. The first-order chi connectivity index (χ1) is 10.4. The van der Waals surface area contributed by atoms with Crippen LogP contribution in [0.25, 0.3) is 0 Å². The summed E-state index contributed by atoms with van der Waals surface area (Å²) in [5, 5.41) is 8.90. The van der Waals surface area contributed by atoms with Gasteiger partial charge in [0.25, 0.3) is 10.0 Å². The van der Waals surface area contributed by atoms with Gasteiger partial charge in [0.05, 0.1) is 24.4 Å². The molecule has 0 saturated carbocycles. The van der Waals surface area contributed by atoms with Gasteiger partial charge in [-0.05, 0) is 30.5 Å². The molecule has 2 aromatic rings. The molecule has 1 aliphatic heterocycles. The van der Waals surface area contributed by atoms with Gasteiger partial charge in [0, 0.05) is 6.07 Å². The molecular formula is C15H15NO5S. The second kappa shape index (κ2) is 5.17. The number of carboxylic acids is 1. The number of anilines is 1. The lowest BCUT2D eigenvalue weighted by Crippen LogP contribution is -2.38. The van der Waals surface area contributed by atoms with E-state index in [2.05, 4.69) is 0 Å². The van der Waals surface area contributed by atoms with E-state index in [-0.39, 0.29) is 11.5 Å². The highest BCUT2D eigenvalue weighted by Gasteiger charge is 2.40. The Morgan fingerprint density at radius 1 is 1.41 bits per heavy atom. The highest BCUT2D eigenvalue weighted by molar-refractivity contribution is 7.92. The fourth-order valence-electron chi connectivity index (χ4n) is 2.75. The summed E-state index contributed by atoms with van der Waals surface area (Å²) in [4.78, 5) is 11.1. The number of sulfonamides is 1. The summed E-state index contributed by atoms with van der Waals surface area (Å²) in [5.74, 6) is -1.03. The second-order valence-electron chi connectivity index (χ2n) is 5.33. The van der Waals surface area contributed by atoms with Gasteiger partial charge in [0.2, 0.25) is 5.09 Å². The van der Waals surface area contributed by atoms with Crippen molar-refractivity contribution in [1.82, 2.24) is 0 Å². The second-order valence-corrected chi connectivity index (χ2v) is 7.07. The first-order valence-electron chi connectivity index (χ1n) is 6.79. The van der Waals surface area contributed by atoms with Crippen LogP contribution in [-0.2, 0) is 21.2 Å². The Morgan fingerprint density at radius 3 is 2.77 bits per heavy atom. The lowest BCUT2D eigenvalue weighted by atomic mass is 10.1. The van der Waals surface area contributed by atoms with E-state index in [0.717, 1.165) is 5.56 Å². The lowest BCUT2D eigenvalue weighted by Gasteiger charge is -2.24. The third kappa shape index (κ3) is 2.37. The summed E-state index contributed by atoms with van der Waals surface area (Å²) >= 11 is 0. The molecule has 0 bridgehead atoms. The van der Waals surface area contributed by atoms with Crippen LogP contribution in [0.3, 0.4) is 0 Å². The minimum absolute atomic E-state index is 0.169. The summed E-state index contributed by atoms with van der Waals surface area (Å²) in [6.45, 7) is 1.73. The third-order valence-electron chi connectivity index (χ3n) is 3.65. The van der Waals surface area contributed by atoms with Crippen LogP contribution < -0.4 is 4.31 Å². The molecule has 1 aromatic heterocycles. The molecule has 0 fully saturated rings. The number of rotatable bonds is 4. The molecule has 1 N–H and O–H groups in total. The Kier molecular flexibility index (Phi) is 3.44. The van der Waals surface area contributed by atoms with Crippen molar-refractivity contribution >= 4 is 21.7 Å². The Balaban J connectivity index is 2.10. The molecule has 0 saturated heterocycles. The van der Waals surface area contributed by atoms with Gasteiger partial charge in [0.15, 0.2) is 0 Å². The van der Waals surface area contributed by atoms with Gasteiger partial charge in [-0.25, -0.2) is 0 Å². The molecular weight excluding hydrogens is 306 g/mol. The summed E-state index contributed by atoms with van der Waals surface area (Å²) in [7, 11) is -3.92. The Morgan fingerprint density at radius 2 is 2.14 bits per heavy atom. The van der Waals surface area contributed by atoms with Gasteiger partial charge in [-0.15, -0.1) is 0 Å². The predicted octanol–water partition coefficient (Wildman–Crippen LogP) is 2.18. The number of benzene rings is 1. The van der Waals surface area contributed by atoms with Crippen LogP contribution in [0.4, 0.5) is 5.69 Å². The van der Waals surface area contributed by atoms with Crippen molar-refractivity contribution in [2.45, 2.75) is 30.9 Å². The average Bonchev–Trinajstić information content (AvgIpc) is 3.01. The van der Waals surface area contributed by atoms with E-state index in [9.17, 15) is 13.2 Å². The predicted molar refractivity (Wildman–Crippen MR) is 79.3 cm³/mol. The van der Waals surface area contributed by atoms with Crippen molar-refractivity contribution in [3.63, 3.8) is 0 Å². The van der Waals surface area contributed by atoms with Crippen molar-refractivity contribution in [2.24, 2.45) is 0 Å². The number of fused-ring (bicyclic) bond motifs is 1. The molecule has 0 aliphatic carbocycles. The molecule has 1 aromatic carbocycles. The fraction of sp³-hybridized carbons (Fsp3) is 0.267. The number of carboxylic acid groups (broad SMARTS) is 1. The van der Waals surface area contributed by atoms with Crippen molar-refractivity contribution in [2.75, 3.05) is 4.31 Å². The van der Waals surface area contributed by atoms with Crippen molar-refractivity contribution < 1.29 is 22.7 Å². The number of para-hydroxylation sites is 1. The SMILES string of the molecule is Cc1coc(S(=O)(=O)N2c3ccccc3C[C@H]2CC(=O)O)c1. The zero-order valence-electron chi connectivity index (χ0n) is 11.9. The van der Waals surface area contributed by atoms with E-state index in [1.54, 1.807) is 19.1 Å². The van der Waals surface area contributed by atoms with Gasteiger partial charge in [-0.2, -0.15) is 8.42 Å². The van der Waals surface area contributed by atoms with Crippen molar-refractivity contribution in [3.8, 4) is 0 Å². The molecule has 0 unspecified atom stereocenters. The van der Waals surface area contributed by atoms with E-state index in [1.807, 2.05) is 12.1 Å². The van der Waals surface area contributed by atoms with Gasteiger partial charge >= 0.3 is 5.97 Å². The molecule has 22 heavy (non-hydrogen) atoms. The lowest BCUT2D eigenvalue weighted by molar-refractivity contribution is -0.137. The summed E-state index contributed by atoms with van der Waals surface area (Å²) in [6.07, 6.45) is 1.48. The highest BCUT2D eigenvalue weighted by Crippen LogP contribution is 2.38. The average molecular weight is 321 g/mol. The first-order valence-corrected chi connectivity index (χ1v) is 8.23. The number of hydrogen-bond acceptors (Lipinski definition) is 4. The van der Waals surface area contributed by atoms with E-state index in [0.29, 0.717) is 17.7 Å². The molecule has 0 amide bonds. The van der Waals surface area contributed by atoms with Gasteiger partial charge in [0.1, 0.15) is 0 Å².